The van der Waals surface area contributed by atoms with Gasteiger partial charge in [0.15, 0.2) is 44.0 Å². The van der Waals surface area contributed by atoms with Crippen molar-refractivity contribution in [3.05, 3.63) is 0 Å². The molecular formula is C60H101NO41S2. The molecule has 0 amide bonds. The summed E-state index contributed by atoms with van der Waals surface area (Å²) >= 11 is 1.66. The molecule has 0 aliphatic carbocycles. The van der Waals surface area contributed by atoms with Crippen molar-refractivity contribution < 1.29 is 202 Å². The molecule has 21 aliphatic heterocycles. The van der Waals surface area contributed by atoms with Crippen LogP contribution in [0.1, 0.15) is 33.6 Å². The minimum absolute atomic E-state index is 0. The summed E-state index contributed by atoms with van der Waals surface area (Å²) in [6.07, 6.45) is -73.1. The molecule has 21 saturated heterocycles. The van der Waals surface area contributed by atoms with Crippen LogP contribution in [0.5, 0.6) is 0 Å². The third-order valence-electron chi connectivity index (χ3n) is 18.6. The van der Waals surface area contributed by atoms with Crippen molar-refractivity contribution >= 4 is 47.0 Å². The fourth-order valence-corrected chi connectivity index (χ4v) is 15.0. The van der Waals surface area contributed by atoms with Gasteiger partial charge in [0.05, 0.1) is 77.6 Å². The number of likely N-dealkylation sites (N-methyl/N-ethyl adjacent to an activating group) is 1. The standard InChI is InChI=1S/C59H97NO41S2.CH4/c1-19(66)3-5-86-7-8-87-6-4-21(67)9-20(51(82)83)15-102-17-28-49-35(73)42(80)58(93-28)98-47-26(13-64)89-55(38(76)31(47)69)97-46-25(12-63)92-57(41(79)34(46)72)101-50-29(18-103-16-22(60-2)52(84)85)94-59(43(81)36(50)74)99-48-27(14-65)90-54(39(77)32(48)70)95-44-23(10-61)88-53(37(75)30(44)68)96-45-24(11-62)91-56(100-49)40(78)33(45)71;/h20,22-50,53-65,68-81H,3-18H2,1-2H3,(H,82,83)(H,84,85);1H4/t20-,22-,23?,24?,25?,26?,27?,28?,29?,30-,31-,32-,33-,34-,35-,36-,37?,38?,39?,40?,41?,42?,43?,44-,45-,46-,47-,48-,49-,50-,53-,54-,55+,56+,57+,58-,59+;/m1./s1. The Labute approximate surface area is 602 Å². The van der Waals surface area contributed by atoms with Gasteiger partial charge in [-0.15, -0.1) is 0 Å². The van der Waals surface area contributed by atoms with Gasteiger partial charge in [-0.1, -0.05) is 7.43 Å². The summed E-state index contributed by atoms with van der Waals surface area (Å²) in [4.78, 5) is 48.7. The Kier molecular flexibility index (Phi) is 35.1. The molecule has 0 radical (unpaired) electrons. The minimum atomic E-state index is -2.31. The zero-order chi connectivity index (χ0) is 75.4. The number of aliphatic hydroxyl groups is 19. The first-order chi connectivity index (χ1) is 49.0. The number of ether oxygens (including phenoxy) is 16. The molecule has 0 saturated carbocycles. The van der Waals surface area contributed by atoms with Crippen molar-refractivity contribution in [3.63, 3.8) is 0 Å². The Morgan fingerprint density at radius 2 is 0.606 bits per heavy atom. The highest BCUT2D eigenvalue weighted by Crippen LogP contribution is 2.40. The van der Waals surface area contributed by atoms with Crippen molar-refractivity contribution in [3.8, 4) is 0 Å². The maximum atomic E-state index is 13.0. The average Bonchev–Trinajstić information content (AvgIpc) is 0.778. The number of ketones is 2. The highest BCUT2D eigenvalue weighted by atomic mass is 32.2. The van der Waals surface area contributed by atoms with E-state index in [1.807, 2.05) is 0 Å². The SMILES string of the molecule is C.CN[C@H](CSCC1O[C@H]2O[C@@H]3C(CO)O[C@H](O[C@@H]4C(CO)O[C@H](O[C@@H]5C(CO)O[C@@H](O[C@@H]6C(CSC[C@@H](CC(=O)CCOCCOCCC(C)=O)C(=O)O)O[C@H](O[C@@H]7C(CO)O[C@@H](O[C@@H]8C(CO)O[C@@H](O[C@H]1[C@H](O)C2O)C(O)[C@H]8O)C(O)[C@H]7O)C(O)[C@H]6O)C(O)[C@H]5O)C(O)[C@H]4O)C(O)[C@H]3O)C(=O)O. The normalized spacial score (nSPS) is 44.5. The van der Waals surface area contributed by atoms with E-state index in [4.69, 9.17) is 75.8 Å². The lowest BCUT2D eigenvalue weighted by Crippen LogP contribution is -2.68. The van der Waals surface area contributed by atoms with Crippen molar-refractivity contribution in [2.24, 2.45) is 5.92 Å². The van der Waals surface area contributed by atoms with Crippen molar-refractivity contribution in [2.45, 2.75) is 255 Å². The Bertz CT molecular complexity index is 2610. The Hall–Kier alpha value is -2.46. The number of nitrogens with one attached hydrogen (secondary N) is 1. The summed E-state index contributed by atoms with van der Waals surface area (Å²) in [7, 11) is 1.35. The molecule has 0 aromatic carbocycles. The summed E-state index contributed by atoms with van der Waals surface area (Å²) in [5.41, 5.74) is 0. The molecule has 21 rings (SSSR count). The van der Waals surface area contributed by atoms with E-state index in [9.17, 15) is 126 Å². The van der Waals surface area contributed by atoms with Crippen LogP contribution in [0, 0.1) is 5.92 Å². The van der Waals surface area contributed by atoms with Crippen molar-refractivity contribution in [1.29, 1.82) is 0 Å². The van der Waals surface area contributed by atoms with E-state index in [1.54, 1.807) is 0 Å². The van der Waals surface area contributed by atoms with E-state index in [0.29, 0.717) is 0 Å². The first kappa shape index (κ1) is 88.8. The maximum Gasteiger partial charge on any atom is 0.321 e. The van der Waals surface area contributed by atoms with E-state index in [0.717, 1.165) is 23.5 Å². The number of carboxylic acids is 2. The molecule has 21 fully saturated rings. The molecule has 104 heavy (non-hydrogen) atoms. The molecule has 37 atom stereocenters. The predicted octanol–water partition coefficient (Wildman–Crippen LogP) is -12.4. The second-order valence-electron chi connectivity index (χ2n) is 25.7. The summed E-state index contributed by atoms with van der Waals surface area (Å²) in [6, 6.07) is -1.18. The van der Waals surface area contributed by atoms with Crippen LogP contribution in [0.2, 0.25) is 0 Å². The molecular weight excluding hydrogens is 1450 g/mol. The van der Waals surface area contributed by atoms with Gasteiger partial charge in [-0.25, -0.2) is 0 Å². The highest BCUT2D eigenvalue weighted by molar-refractivity contribution is 7.99. The highest BCUT2D eigenvalue weighted by Gasteiger charge is 2.60. The van der Waals surface area contributed by atoms with Gasteiger partial charge in [-0.3, -0.25) is 19.2 Å². The van der Waals surface area contributed by atoms with E-state index in [2.05, 4.69) is 5.32 Å². The van der Waals surface area contributed by atoms with Gasteiger partial charge in [0, 0.05) is 42.3 Å². The molecule has 14 unspecified atom stereocenters. The lowest BCUT2D eigenvalue weighted by atomic mass is 9.95. The molecule has 22 N–H and O–H groups in total. The van der Waals surface area contributed by atoms with Crippen LogP contribution < -0.4 is 5.32 Å². The topological polar surface area (TPSA) is 653 Å². The molecule has 42 nitrogen and oxygen atoms in total. The first-order valence-electron chi connectivity index (χ1n) is 33.2. The number of carboxylic acid groups (broad SMARTS) is 2. The van der Waals surface area contributed by atoms with Gasteiger partial charge in [0.25, 0.3) is 0 Å². The number of Topliss-reactive ketones (excluding diaryl/α,β-unsaturated/α-hetero) is 2. The molecule has 44 heteroatoms. The van der Waals surface area contributed by atoms with Crippen LogP contribution in [0.25, 0.3) is 0 Å². The molecule has 21 aliphatic rings. The lowest BCUT2D eigenvalue weighted by molar-refractivity contribution is -0.395. The van der Waals surface area contributed by atoms with Gasteiger partial charge in [-0.2, -0.15) is 23.5 Å². The summed E-state index contributed by atoms with van der Waals surface area (Å²) in [5, 5.41) is 239. The fraction of sp³-hybridized carbons (Fsp3) is 0.933. The monoisotopic (exact) mass is 1560 g/mol. The first-order valence-corrected chi connectivity index (χ1v) is 35.5. The van der Waals surface area contributed by atoms with Gasteiger partial charge >= 0.3 is 11.9 Å². The van der Waals surface area contributed by atoms with Gasteiger partial charge in [-0.05, 0) is 14.0 Å². The minimum Gasteiger partial charge on any atom is -0.481 e. The third-order valence-corrected chi connectivity index (χ3v) is 20.9. The number of carbonyl (C=O) groups excluding carboxylic acids is 2. The molecule has 0 aromatic rings. The van der Waals surface area contributed by atoms with Crippen LogP contribution in [0.15, 0.2) is 0 Å². The van der Waals surface area contributed by atoms with Gasteiger partial charge in [0.2, 0.25) is 0 Å². The van der Waals surface area contributed by atoms with E-state index >= 15 is 0 Å². The Morgan fingerprint density at radius 1 is 0.356 bits per heavy atom. The van der Waals surface area contributed by atoms with Crippen LogP contribution in [-0.4, -0.2) is 441 Å². The zero-order valence-corrected chi connectivity index (χ0v) is 57.2. The molecule has 14 bridgehead atoms. The number of carbonyl (C=O) groups is 4. The van der Waals surface area contributed by atoms with Crippen molar-refractivity contribution in [2.75, 3.05) is 89.5 Å². The summed E-state index contributed by atoms with van der Waals surface area (Å²) < 4.78 is 93.3. The quantitative estimate of drug-likeness (QED) is 0.0340. The van der Waals surface area contributed by atoms with E-state index in [-0.39, 0.29) is 69.7 Å². The number of hydrogen-bond acceptors (Lipinski definition) is 42. The second kappa shape index (κ2) is 41.2. The molecule has 21 heterocycles. The number of thioether (sulfide) groups is 2. The molecule has 0 spiro atoms. The number of hydrogen-bond donors (Lipinski definition) is 22. The smallest absolute Gasteiger partial charge is 0.321 e. The number of rotatable bonds is 27. The summed E-state index contributed by atoms with van der Waals surface area (Å²) in [6.45, 7) is -3.91. The molecule has 604 valence electrons. The van der Waals surface area contributed by atoms with Crippen LogP contribution in [0.3, 0.4) is 0 Å². The number of aliphatic carboxylic acids is 2. The predicted molar refractivity (Wildman–Crippen MR) is 338 cm³/mol. The number of aliphatic hydroxyl groups excluding tert-OH is 19. The second-order valence-corrected chi connectivity index (χ2v) is 27.9. The van der Waals surface area contributed by atoms with Gasteiger partial charge in [0.1, 0.15) is 176 Å². The van der Waals surface area contributed by atoms with Crippen LogP contribution in [0.4, 0.5) is 0 Å². The lowest BCUT2D eigenvalue weighted by Gasteiger charge is -2.50. The van der Waals surface area contributed by atoms with E-state index in [1.165, 1.54) is 14.0 Å². The molecule has 0 aromatic heterocycles. The van der Waals surface area contributed by atoms with Crippen LogP contribution in [-0.2, 0) is 95.0 Å². The largest absolute Gasteiger partial charge is 0.481 e. The zero-order valence-electron chi connectivity index (χ0n) is 55.5. The average molecular weight is 1560 g/mol. The van der Waals surface area contributed by atoms with Crippen LogP contribution >= 0.6 is 23.5 Å². The third kappa shape index (κ3) is 21.4. The van der Waals surface area contributed by atoms with E-state index < -0.39 is 290 Å². The fourth-order valence-electron chi connectivity index (χ4n) is 12.6. The van der Waals surface area contributed by atoms with Gasteiger partial charge < -0.3 is 188 Å². The van der Waals surface area contributed by atoms with Crippen molar-refractivity contribution in [1.82, 2.24) is 5.32 Å². The Balaban J connectivity index is 0.0000151. The Morgan fingerprint density at radius 3 is 0.846 bits per heavy atom. The maximum absolute atomic E-state index is 13.0. The summed E-state index contributed by atoms with van der Waals surface area (Å²) in [5.74, 6) is -6.08.